The van der Waals surface area contributed by atoms with Crippen LogP contribution < -0.4 is 0 Å². The van der Waals surface area contributed by atoms with E-state index in [9.17, 15) is 4.79 Å². The number of hydrogen-bond donors (Lipinski definition) is 0. The first kappa shape index (κ1) is 15.5. The van der Waals surface area contributed by atoms with Gasteiger partial charge in [0, 0.05) is 0 Å². The highest BCUT2D eigenvalue weighted by atomic mass is 16.5. The van der Waals surface area contributed by atoms with Gasteiger partial charge in [-0.2, -0.15) is 0 Å². The van der Waals surface area contributed by atoms with Crippen molar-refractivity contribution in [2.24, 2.45) is 5.41 Å². The van der Waals surface area contributed by atoms with Crippen molar-refractivity contribution < 1.29 is 9.53 Å². The smallest absolute Gasteiger partial charge is 0.312 e. The summed E-state index contributed by atoms with van der Waals surface area (Å²) in [6.07, 6.45) is 7.50. The summed E-state index contributed by atoms with van der Waals surface area (Å²) in [7, 11) is 0. The molecule has 0 N–H and O–H groups in total. The van der Waals surface area contributed by atoms with Crippen LogP contribution >= 0.6 is 0 Å². The number of benzene rings is 2. The molecule has 1 atom stereocenters. The molecule has 0 amide bonds. The highest BCUT2D eigenvalue weighted by Gasteiger charge is 2.41. The van der Waals surface area contributed by atoms with Crippen LogP contribution in [-0.4, -0.2) is 12.6 Å². The molecule has 118 valence electrons. The highest BCUT2D eigenvalue weighted by Crippen LogP contribution is 2.37. The molecule has 1 aliphatic rings. The predicted octanol–water partition coefficient (Wildman–Crippen LogP) is 4.66. The molecule has 1 aliphatic heterocycles. The van der Waals surface area contributed by atoms with Crippen LogP contribution in [0.25, 0.3) is 6.08 Å². The van der Waals surface area contributed by atoms with Crippen molar-refractivity contribution in [3.8, 4) is 0 Å². The normalized spacial score (nSPS) is 21.3. The van der Waals surface area contributed by atoms with Crippen LogP contribution in [0, 0.1) is 5.41 Å². The molecular weight excluding hydrogens is 284 g/mol. The SMILES string of the molecule is O=C1OCCC[C@]1(C/C=C/c1ccccc1)Cc1ccccc1. The van der Waals surface area contributed by atoms with Gasteiger partial charge in [-0.3, -0.25) is 4.79 Å². The Bertz CT molecular complexity index is 661. The predicted molar refractivity (Wildman–Crippen MR) is 92.9 cm³/mol. The minimum atomic E-state index is -0.426. The first-order valence-corrected chi connectivity index (χ1v) is 8.21. The third-order valence-electron chi connectivity index (χ3n) is 4.47. The third kappa shape index (κ3) is 3.89. The van der Waals surface area contributed by atoms with Gasteiger partial charge in [0.15, 0.2) is 0 Å². The van der Waals surface area contributed by atoms with Gasteiger partial charge in [-0.1, -0.05) is 72.8 Å². The van der Waals surface area contributed by atoms with Crippen molar-refractivity contribution in [3.05, 3.63) is 77.9 Å². The zero-order valence-electron chi connectivity index (χ0n) is 13.3. The van der Waals surface area contributed by atoms with Crippen molar-refractivity contribution in [2.75, 3.05) is 6.61 Å². The third-order valence-corrected chi connectivity index (χ3v) is 4.47. The first-order valence-electron chi connectivity index (χ1n) is 8.21. The van der Waals surface area contributed by atoms with E-state index in [-0.39, 0.29) is 5.97 Å². The Balaban J connectivity index is 1.78. The molecule has 2 nitrogen and oxygen atoms in total. The summed E-state index contributed by atoms with van der Waals surface area (Å²) in [5, 5.41) is 0. The van der Waals surface area contributed by atoms with Gasteiger partial charge in [0.1, 0.15) is 0 Å². The van der Waals surface area contributed by atoms with Gasteiger partial charge in [-0.15, -0.1) is 0 Å². The molecule has 0 saturated carbocycles. The maximum absolute atomic E-state index is 12.5. The summed E-state index contributed by atoms with van der Waals surface area (Å²) < 4.78 is 5.40. The van der Waals surface area contributed by atoms with Gasteiger partial charge in [-0.25, -0.2) is 0 Å². The van der Waals surface area contributed by atoms with E-state index in [0.717, 1.165) is 31.2 Å². The van der Waals surface area contributed by atoms with Gasteiger partial charge in [0.25, 0.3) is 0 Å². The Labute approximate surface area is 137 Å². The molecule has 0 bridgehead atoms. The fourth-order valence-electron chi connectivity index (χ4n) is 3.22. The highest BCUT2D eigenvalue weighted by molar-refractivity contribution is 5.78. The lowest BCUT2D eigenvalue weighted by molar-refractivity contribution is -0.161. The number of carbonyl (C=O) groups is 1. The molecule has 0 unspecified atom stereocenters. The van der Waals surface area contributed by atoms with Crippen molar-refractivity contribution in [3.63, 3.8) is 0 Å². The molecule has 2 aromatic rings. The van der Waals surface area contributed by atoms with E-state index in [2.05, 4.69) is 36.4 Å². The largest absolute Gasteiger partial charge is 0.465 e. The second-order valence-corrected chi connectivity index (χ2v) is 6.20. The molecule has 0 aromatic heterocycles. The average molecular weight is 306 g/mol. The number of allylic oxidation sites excluding steroid dienone is 1. The van der Waals surface area contributed by atoms with Crippen LogP contribution in [-0.2, 0) is 16.0 Å². The number of ether oxygens (including phenoxy) is 1. The average Bonchev–Trinajstić information content (AvgIpc) is 2.59. The summed E-state index contributed by atoms with van der Waals surface area (Å²) in [5.74, 6) is -0.0506. The van der Waals surface area contributed by atoms with Crippen molar-refractivity contribution >= 4 is 12.0 Å². The monoisotopic (exact) mass is 306 g/mol. The Morgan fingerprint density at radius 3 is 2.39 bits per heavy atom. The van der Waals surface area contributed by atoms with Crippen LogP contribution in [0.5, 0.6) is 0 Å². The first-order chi connectivity index (χ1) is 11.3. The lowest BCUT2D eigenvalue weighted by Gasteiger charge is -2.34. The number of esters is 1. The summed E-state index contributed by atoms with van der Waals surface area (Å²) in [6.45, 7) is 0.553. The molecule has 0 aliphatic carbocycles. The molecule has 2 aromatic carbocycles. The number of carbonyl (C=O) groups excluding carboxylic acids is 1. The van der Waals surface area contributed by atoms with Crippen molar-refractivity contribution in [1.29, 1.82) is 0 Å². The summed E-state index contributed by atoms with van der Waals surface area (Å²) in [4.78, 5) is 12.5. The molecule has 0 spiro atoms. The standard InChI is InChI=1S/C21H22O2/c22-20-21(15-8-16-23-20,17-19-11-5-2-6-12-19)14-7-13-18-9-3-1-4-10-18/h1-7,9-13H,8,14-17H2/b13-7+/t21-/m1/s1. The minimum absolute atomic E-state index is 0.0506. The van der Waals surface area contributed by atoms with Gasteiger partial charge in [0.05, 0.1) is 12.0 Å². The van der Waals surface area contributed by atoms with E-state index >= 15 is 0 Å². The second kappa shape index (κ2) is 7.28. The fourth-order valence-corrected chi connectivity index (χ4v) is 3.22. The van der Waals surface area contributed by atoms with Gasteiger partial charge in [0.2, 0.25) is 0 Å². The maximum atomic E-state index is 12.5. The van der Waals surface area contributed by atoms with Crippen LogP contribution in [0.3, 0.4) is 0 Å². The van der Waals surface area contributed by atoms with E-state index in [0.29, 0.717) is 6.61 Å². The second-order valence-electron chi connectivity index (χ2n) is 6.20. The molecule has 1 saturated heterocycles. The van der Waals surface area contributed by atoms with Gasteiger partial charge >= 0.3 is 5.97 Å². The zero-order valence-corrected chi connectivity index (χ0v) is 13.3. The molecule has 0 radical (unpaired) electrons. The van der Waals surface area contributed by atoms with Gasteiger partial charge in [-0.05, 0) is 36.8 Å². The molecule has 3 rings (SSSR count). The lowest BCUT2D eigenvalue weighted by atomic mass is 9.74. The Morgan fingerprint density at radius 2 is 1.70 bits per heavy atom. The summed E-state index contributed by atoms with van der Waals surface area (Å²) in [5.41, 5.74) is 1.93. The Hall–Kier alpha value is -2.35. The van der Waals surface area contributed by atoms with E-state index in [1.165, 1.54) is 5.56 Å². The molecule has 23 heavy (non-hydrogen) atoms. The van der Waals surface area contributed by atoms with Crippen LogP contribution in [0.1, 0.15) is 30.4 Å². The van der Waals surface area contributed by atoms with Crippen molar-refractivity contribution in [1.82, 2.24) is 0 Å². The van der Waals surface area contributed by atoms with E-state index in [1.807, 2.05) is 36.4 Å². The number of rotatable bonds is 5. The summed E-state index contributed by atoms with van der Waals surface area (Å²) >= 11 is 0. The minimum Gasteiger partial charge on any atom is -0.465 e. The quantitative estimate of drug-likeness (QED) is 0.751. The Kier molecular flexibility index (Phi) is 4.92. The Morgan fingerprint density at radius 1 is 1.00 bits per heavy atom. The van der Waals surface area contributed by atoms with Crippen LogP contribution in [0.15, 0.2) is 66.7 Å². The zero-order chi connectivity index (χ0) is 16.0. The number of cyclic esters (lactones) is 1. The van der Waals surface area contributed by atoms with Crippen LogP contribution in [0.2, 0.25) is 0 Å². The molecule has 1 fully saturated rings. The van der Waals surface area contributed by atoms with Crippen LogP contribution in [0.4, 0.5) is 0 Å². The molecule has 2 heteroatoms. The number of hydrogen-bond acceptors (Lipinski definition) is 2. The van der Waals surface area contributed by atoms with E-state index in [1.54, 1.807) is 0 Å². The lowest BCUT2D eigenvalue weighted by Crippen LogP contribution is -2.38. The summed E-state index contributed by atoms with van der Waals surface area (Å²) in [6, 6.07) is 20.4. The molecular formula is C21H22O2. The maximum Gasteiger partial charge on any atom is 0.312 e. The molecule has 1 heterocycles. The van der Waals surface area contributed by atoms with Crippen molar-refractivity contribution in [2.45, 2.75) is 25.7 Å². The van der Waals surface area contributed by atoms with E-state index in [4.69, 9.17) is 4.74 Å². The topological polar surface area (TPSA) is 26.3 Å². The van der Waals surface area contributed by atoms with E-state index < -0.39 is 5.41 Å². The van der Waals surface area contributed by atoms with Gasteiger partial charge < -0.3 is 4.74 Å². The fraction of sp³-hybridized carbons (Fsp3) is 0.286.